The van der Waals surface area contributed by atoms with Gasteiger partial charge < -0.3 is 14.5 Å². The molecule has 2 heterocycles. The van der Waals surface area contributed by atoms with E-state index in [0.717, 1.165) is 25.9 Å². The number of halogens is 1. The second-order valence-corrected chi connectivity index (χ2v) is 5.68. The predicted molar refractivity (Wildman–Crippen MR) is 74.5 cm³/mol. The number of nitrogens with zero attached hydrogens (tertiary/aromatic N) is 2. The summed E-state index contributed by atoms with van der Waals surface area (Å²) >= 11 is 0. The highest BCUT2D eigenvalue weighted by molar-refractivity contribution is 5.97. The number of benzene rings is 1. The van der Waals surface area contributed by atoms with E-state index in [4.69, 9.17) is 4.74 Å². The average Bonchev–Trinajstić information content (AvgIpc) is 2.42. The fraction of sp³-hybridized carbons (Fsp3) is 0.533. The molecule has 4 nitrogen and oxygen atoms in total. The van der Waals surface area contributed by atoms with Gasteiger partial charge in [-0.3, -0.25) is 4.79 Å². The maximum atomic E-state index is 13.4. The Bertz CT molecular complexity index is 521. The van der Waals surface area contributed by atoms with Crippen molar-refractivity contribution in [1.29, 1.82) is 0 Å². The molecular weight excluding hydrogens is 259 g/mol. The standard InChI is InChI=1S/C15H19FN2O2/c1-17-6-2-3-11(8-17)9-18-13-7-12(16)4-5-14(13)20-10-15(18)19/h4-5,7,11H,2-3,6,8-10H2,1H3/t11-/m1/s1. The van der Waals surface area contributed by atoms with Crippen LogP contribution < -0.4 is 9.64 Å². The van der Waals surface area contributed by atoms with Crippen molar-refractivity contribution < 1.29 is 13.9 Å². The first-order chi connectivity index (χ1) is 9.63. The van der Waals surface area contributed by atoms with Gasteiger partial charge in [-0.15, -0.1) is 0 Å². The number of hydrogen-bond donors (Lipinski definition) is 0. The number of ether oxygens (including phenoxy) is 1. The third-order valence-electron chi connectivity index (χ3n) is 4.03. The van der Waals surface area contributed by atoms with Gasteiger partial charge in [0.25, 0.3) is 5.91 Å². The summed E-state index contributed by atoms with van der Waals surface area (Å²) < 4.78 is 18.8. The zero-order valence-corrected chi connectivity index (χ0v) is 11.6. The molecule has 0 radical (unpaired) electrons. The summed E-state index contributed by atoms with van der Waals surface area (Å²) in [7, 11) is 2.10. The second kappa shape index (κ2) is 5.40. The summed E-state index contributed by atoms with van der Waals surface area (Å²) in [6.07, 6.45) is 2.26. The molecule has 20 heavy (non-hydrogen) atoms. The second-order valence-electron chi connectivity index (χ2n) is 5.68. The molecule has 2 aliphatic rings. The first-order valence-electron chi connectivity index (χ1n) is 7.05. The Morgan fingerprint density at radius 1 is 1.45 bits per heavy atom. The average molecular weight is 278 g/mol. The van der Waals surface area contributed by atoms with Crippen LogP contribution in [0.15, 0.2) is 18.2 Å². The van der Waals surface area contributed by atoms with E-state index in [-0.39, 0.29) is 18.3 Å². The molecule has 108 valence electrons. The van der Waals surface area contributed by atoms with Crippen LogP contribution in [0.3, 0.4) is 0 Å². The van der Waals surface area contributed by atoms with E-state index in [1.165, 1.54) is 12.1 Å². The zero-order chi connectivity index (χ0) is 14.1. The Hall–Kier alpha value is -1.62. The number of carbonyl (C=O) groups excluding carboxylic acids is 1. The molecule has 1 saturated heterocycles. The normalized spacial score (nSPS) is 23.4. The lowest BCUT2D eigenvalue weighted by molar-refractivity contribution is -0.121. The van der Waals surface area contributed by atoms with E-state index in [0.29, 0.717) is 23.9 Å². The molecule has 0 aliphatic carbocycles. The van der Waals surface area contributed by atoms with Gasteiger partial charge in [-0.25, -0.2) is 4.39 Å². The highest BCUT2D eigenvalue weighted by Crippen LogP contribution is 2.33. The number of piperidine rings is 1. The predicted octanol–water partition coefficient (Wildman–Crippen LogP) is 1.89. The quantitative estimate of drug-likeness (QED) is 0.828. The van der Waals surface area contributed by atoms with E-state index >= 15 is 0 Å². The summed E-state index contributed by atoms with van der Waals surface area (Å²) in [5.74, 6) is 0.603. The van der Waals surface area contributed by atoms with Gasteiger partial charge in [0, 0.05) is 19.2 Å². The molecule has 1 aromatic rings. The Labute approximate surface area is 118 Å². The highest BCUT2D eigenvalue weighted by atomic mass is 19.1. The van der Waals surface area contributed by atoms with E-state index in [9.17, 15) is 9.18 Å². The van der Waals surface area contributed by atoms with Crippen molar-refractivity contribution in [3.8, 4) is 5.75 Å². The van der Waals surface area contributed by atoms with Crippen molar-refractivity contribution in [2.24, 2.45) is 5.92 Å². The van der Waals surface area contributed by atoms with Crippen molar-refractivity contribution in [2.45, 2.75) is 12.8 Å². The number of amides is 1. The van der Waals surface area contributed by atoms with Crippen molar-refractivity contribution in [3.63, 3.8) is 0 Å². The van der Waals surface area contributed by atoms with Crippen LogP contribution in [-0.4, -0.2) is 44.1 Å². The number of fused-ring (bicyclic) bond motifs is 1. The van der Waals surface area contributed by atoms with Gasteiger partial charge in [0.2, 0.25) is 0 Å². The number of hydrogen-bond acceptors (Lipinski definition) is 3. The van der Waals surface area contributed by atoms with E-state index in [1.807, 2.05) is 0 Å². The minimum Gasteiger partial charge on any atom is -0.482 e. The van der Waals surface area contributed by atoms with Crippen LogP contribution in [0.4, 0.5) is 10.1 Å². The van der Waals surface area contributed by atoms with Gasteiger partial charge in [0.15, 0.2) is 6.61 Å². The van der Waals surface area contributed by atoms with E-state index in [1.54, 1.807) is 11.0 Å². The monoisotopic (exact) mass is 278 g/mol. The van der Waals surface area contributed by atoms with Gasteiger partial charge in [-0.05, 0) is 44.5 Å². The first kappa shape index (κ1) is 13.4. The van der Waals surface area contributed by atoms with Crippen LogP contribution in [0.1, 0.15) is 12.8 Å². The third-order valence-corrected chi connectivity index (χ3v) is 4.03. The fourth-order valence-corrected chi connectivity index (χ4v) is 3.06. The molecule has 2 aliphatic heterocycles. The van der Waals surface area contributed by atoms with Gasteiger partial charge in [-0.2, -0.15) is 0 Å². The van der Waals surface area contributed by atoms with E-state index in [2.05, 4.69) is 11.9 Å². The molecule has 1 amide bonds. The van der Waals surface area contributed by atoms with Gasteiger partial charge >= 0.3 is 0 Å². The summed E-state index contributed by atoms with van der Waals surface area (Å²) in [5, 5.41) is 0. The topological polar surface area (TPSA) is 32.8 Å². The Balaban J connectivity index is 1.81. The van der Waals surface area contributed by atoms with Crippen LogP contribution in [0, 0.1) is 11.7 Å². The third kappa shape index (κ3) is 2.63. The number of likely N-dealkylation sites (tertiary alicyclic amines) is 1. The molecule has 0 N–H and O–H groups in total. The smallest absolute Gasteiger partial charge is 0.265 e. The number of rotatable bonds is 2. The molecule has 1 atom stereocenters. The van der Waals surface area contributed by atoms with Crippen LogP contribution in [0.25, 0.3) is 0 Å². The molecule has 5 heteroatoms. The van der Waals surface area contributed by atoms with Gasteiger partial charge in [0.1, 0.15) is 11.6 Å². The van der Waals surface area contributed by atoms with Crippen LogP contribution in [0.5, 0.6) is 5.75 Å². The van der Waals surface area contributed by atoms with Crippen molar-refractivity contribution in [1.82, 2.24) is 4.90 Å². The largest absolute Gasteiger partial charge is 0.482 e. The Morgan fingerprint density at radius 3 is 3.10 bits per heavy atom. The Kier molecular flexibility index (Phi) is 3.61. The SMILES string of the molecule is CN1CCC[C@@H](CN2C(=O)COc3ccc(F)cc32)C1. The van der Waals surface area contributed by atoms with E-state index < -0.39 is 0 Å². The summed E-state index contributed by atoms with van der Waals surface area (Å²) in [6.45, 7) is 2.78. The molecule has 0 saturated carbocycles. The lowest BCUT2D eigenvalue weighted by Gasteiger charge is -2.36. The van der Waals surface area contributed by atoms with Crippen LogP contribution in [-0.2, 0) is 4.79 Å². The summed E-state index contributed by atoms with van der Waals surface area (Å²) in [4.78, 5) is 16.1. The van der Waals surface area contributed by atoms with Gasteiger partial charge in [0.05, 0.1) is 5.69 Å². The maximum absolute atomic E-state index is 13.4. The minimum atomic E-state index is -0.340. The summed E-state index contributed by atoms with van der Waals surface area (Å²) in [5.41, 5.74) is 0.564. The number of anilines is 1. The maximum Gasteiger partial charge on any atom is 0.265 e. The van der Waals surface area contributed by atoms with Gasteiger partial charge in [-0.1, -0.05) is 0 Å². The zero-order valence-electron chi connectivity index (χ0n) is 11.6. The lowest BCUT2D eigenvalue weighted by atomic mass is 9.97. The first-order valence-corrected chi connectivity index (χ1v) is 7.05. The molecule has 0 aromatic heterocycles. The molecule has 1 aromatic carbocycles. The van der Waals surface area contributed by atoms with Crippen molar-refractivity contribution in [3.05, 3.63) is 24.0 Å². The van der Waals surface area contributed by atoms with Crippen LogP contribution >= 0.6 is 0 Å². The molecule has 3 rings (SSSR count). The molecule has 0 unspecified atom stereocenters. The minimum absolute atomic E-state index is 0.0428. The fourth-order valence-electron chi connectivity index (χ4n) is 3.06. The Morgan fingerprint density at radius 2 is 2.30 bits per heavy atom. The highest BCUT2D eigenvalue weighted by Gasteiger charge is 2.29. The molecular formula is C15H19FN2O2. The van der Waals surface area contributed by atoms with Crippen molar-refractivity contribution >= 4 is 11.6 Å². The summed E-state index contributed by atoms with van der Waals surface area (Å²) in [6, 6.07) is 4.34. The molecule has 1 fully saturated rings. The molecule has 0 bridgehead atoms. The number of carbonyl (C=O) groups is 1. The van der Waals surface area contributed by atoms with Crippen LogP contribution in [0.2, 0.25) is 0 Å². The lowest BCUT2D eigenvalue weighted by Crippen LogP contribution is -2.45. The van der Waals surface area contributed by atoms with Crippen molar-refractivity contribution in [2.75, 3.05) is 38.2 Å². The molecule has 0 spiro atoms.